The number of rotatable bonds is 8. The fraction of sp³-hybridized carbons (Fsp3) is 0.182. The highest BCUT2D eigenvalue weighted by Crippen LogP contribution is 2.37. The highest BCUT2D eigenvalue weighted by molar-refractivity contribution is 7.18. The van der Waals surface area contributed by atoms with E-state index in [0.717, 1.165) is 16.1 Å². The molecule has 0 aliphatic carbocycles. The van der Waals surface area contributed by atoms with E-state index in [9.17, 15) is 0 Å². The van der Waals surface area contributed by atoms with Gasteiger partial charge in [0.1, 0.15) is 41.7 Å². The quantitative estimate of drug-likeness (QED) is 0.326. The number of imidazole rings is 1. The fourth-order valence-electron chi connectivity index (χ4n) is 3.16. The normalized spacial score (nSPS) is 11.2. The molecular weight excluding hydrogens is 418 g/mol. The lowest BCUT2D eigenvalue weighted by atomic mass is 10.2. The maximum absolute atomic E-state index is 6.05. The SMILES string of the molecule is COc1cc(OCCOc2ccccc2)c2cc(-c3cn4nc(OC)sc4n3)oc2c1. The largest absolute Gasteiger partial charge is 0.496 e. The van der Waals surface area contributed by atoms with Crippen LogP contribution in [0.25, 0.3) is 27.4 Å². The topological polar surface area (TPSA) is 80.2 Å². The van der Waals surface area contributed by atoms with E-state index >= 15 is 0 Å². The molecule has 0 saturated heterocycles. The number of hydrogen-bond acceptors (Lipinski definition) is 8. The summed E-state index contributed by atoms with van der Waals surface area (Å²) in [6.45, 7) is 0.792. The van der Waals surface area contributed by atoms with Gasteiger partial charge in [0, 0.05) is 12.1 Å². The number of fused-ring (bicyclic) bond motifs is 2. The summed E-state index contributed by atoms with van der Waals surface area (Å²) >= 11 is 1.36. The Balaban J connectivity index is 1.39. The van der Waals surface area contributed by atoms with Crippen molar-refractivity contribution in [3.05, 3.63) is 54.7 Å². The Morgan fingerprint density at radius 2 is 1.81 bits per heavy atom. The minimum Gasteiger partial charge on any atom is -0.496 e. The molecule has 158 valence electrons. The van der Waals surface area contributed by atoms with Crippen molar-refractivity contribution in [2.24, 2.45) is 0 Å². The molecule has 31 heavy (non-hydrogen) atoms. The number of aromatic nitrogens is 3. The van der Waals surface area contributed by atoms with Crippen LogP contribution in [0, 0.1) is 0 Å². The third-order valence-corrected chi connectivity index (χ3v) is 5.50. The van der Waals surface area contributed by atoms with Gasteiger partial charge in [0.15, 0.2) is 5.76 Å². The average Bonchev–Trinajstić information content (AvgIpc) is 3.49. The summed E-state index contributed by atoms with van der Waals surface area (Å²) < 4.78 is 30.0. The summed E-state index contributed by atoms with van der Waals surface area (Å²) in [4.78, 5) is 5.30. The van der Waals surface area contributed by atoms with Gasteiger partial charge in [-0.25, -0.2) is 9.50 Å². The lowest BCUT2D eigenvalue weighted by Gasteiger charge is -2.10. The van der Waals surface area contributed by atoms with E-state index in [0.29, 0.717) is 46.9 Å². The molecule has 5 rings (SSSR count). The number of methoxy groups -OCH3 is 2. The molecule has 0 saturated carbocycles. The first kappa shape index (κ1) is 19.3. The second kappa shape index (κ2) is 8.19. The van der Waals surface area contributed by atoms with E-state index < -0.39 is 0 Å². The van der Waals surface area contributed by atoms with E-state index in [1.165, 1.54) is 11.3 Å². The van der Waals surface area contributed by atoms with E-state index in [1.807, 2.05) is 48.5 Å². The van der Waals surface area contributed by atoms with Gasteiger partial charge in [-0.3, -0.25) is 0 Å². The van der Waals surface area contributed by atoms with Gasteiger partial charge < -0.3 is 23.4 Å². The summed E-state index contributed by atoms with van der Waals surface area (Å²) in [5.74, 6) is 2.72. The molecule has 2 aromatic carbocycles. The minimum absolute atomic E-state index is 0.377. The smallest absolute Gasteiger partial charge is 0.294 e. The van der Waals surface area contributed by atoms with E-state index in [2.05, 4.69) is 10.1 Å². The minimum atomic E-state index is 0.377. The Hall–Kier alpha value is -3.72. The summed E-state index contributed by atoms with van der Waals surface area (Å²) in [5, 5.41) is 5.68. The molecule has 0 N–H and O–H groups in total. The van der Waals surface area contributed by atoms with Crippen LogP contribution < -0.4 is 18.9 Å². The van der Waals surface area contributed by atoms with Gasteiger partial charge in [0.25, 0.3) is 5.19 Å². The lowest BCUT2D eigenvalue weighted by molar-refractivity contribution is 0.218. The van der Waals surface area contributed by atoms with Crippen molar-refractivity contribution in [1.29, 1.82) is 0 Å². The van der Waals surface area contributed by atoms with E-state index in [4.69, 9.17) is 23.4 Å². The van der Waals surface area contributed by atoms with Crippen LogP contribution in [0.5, 0.6) is 22.4 Å². The molecule has 0 radical (unpaired) electrons. The van der Waals surface area contributed by atoms with Gasteiger partial charge in [-0.05, 0) is 29.5 Å². The molecule has 3 aromatic heterocycles. The van der Waals surface area contributed by atoms with Gasteiger partial charge in [-0.2, -0.15) is 0 Å². The highest BCUT2D eigenvalue weighted by atomic mass is 32.1. The molecule has 9 heteroatoms. The molecule has 0 fully saturated rings. The van der Waals surface area contributed by atoms with Crippen LogP contribution in [0.2, 0.25) is 0 Å². The van der Waals surface area contributed by atoms with Gasteiger partial charge >= 0.3 is 0 Å². The summed E-state index contributed by atoms with van der Waals surface area (Å²) in [5.41, 5.74) is 1.32. The molecule has 0 amide bonds. The van der Waals surface area contributed by atoms with Gasteiger partial charge in [-0.1, -0.05) is 18.2 Å². The second-order valence-electron chi connectivity index (χ2n) is 6.58. The first-order valence-electron chi connectivity index (χ1n) is 9.56. The molecule has 0 atom stereocenters. The summed E-state index contributed by atoms with van der Waals surface area (Å²) in [7, 11) is 3.19. The maximum Gasteiger partial charge on any atom is 0.294 e. The van der Waals surface area contributed by atoms with Crippen LogP contribution in [-0.2, 0) is 0 Å². The Morgan fingerprint density at radius 3 is 2.58 bits per heavy atom. The van der Waals surface area contributed by atoms with Crippen molar-refractivity contribution >= 4 is 27.3 Å². The molecule has 0 spiro atoms. The Kier molecular flexibility index (Phi) is 5.09. The summed E-state index contributed by atoms with van der Waals surface area (Å²) in [6, 6.07) is 15.2. The highest BCUT2D eigenvalue weighted by Gasteiger charge is 2.17. The molecule has 0 bridgehead atoms. The maximum atomic E-state index is 6.05. The summed E-state index contributed by atoms with van der Waals surface area (Å²) in [6.07, 6.45) is 1.80. The molecule has 0 unspecified atom stereocenters. The van der Waals surface area contributed by atoms with Crippen molar-refractivity contribution in [2.75, 3.05) is 27.4 Å². The van der Waals surface area contributed by atoms with Crippen molar-refractivity contribution in [3.8, 4) is 33.9 Å². The van der Waals surface area contributed by atoms with Gasteiger partial charge in [0.2, 0.25) is 4.96 Å². The number of ether oxygens (including phenoxy) is 4. The first-order valence-corrected chi connectivity index (χ1v) is 10.4. The Labute approximate surface area is 181 Å². The van der Waals surface area contributed by atoms with Crippen molar-refractivity contribution < 1.29 is 23.4 Å². The van der Waals surface area contributed by atoms with Gasteiger partial charge in [0.05, 0.1) is 25.8 Å². The Bertz CT molecular complexity index is 1290. The van der Waals surface area contributed by atoms with Crippen molar-refractivity contribution in [3.63, 3.8) is 0 Å². The predicted molar refractivity (Wildman–Crippen MR) is 117 cm³/mol. The van der Waals surface area contributed by atoms with Crippen LogP contribution in [0.1, 0.15) is 0 Å². The zero-order valence-corrected chi connectivity index (χ0v) is 17.7. The zero-order chi connectivity index (χ0) is 21.2. The predicted octanol–water partition coefficient (Wildman–Crippen LogP) is 4.68. The number of hydrogen-bond donors (Lipinski definition) is 0. The van der Waals surface area contributed by atoms with Gasteiger partial charge in [-0.15, -0.1) is 5.10 Å². The number of furan rings is 1. The number of nitrogens with zero attached hydrogens (tertiary/aromatic N) is 3. The first-order chi connectivity index (χ1) is 15.2. The lowest BCUT2D eigenvalue weighted by Crippen LogP contribution is -2.09. The molecule has 3 heterocycles. The standard InChI is InChI=1S/C22H19N3O5S/c1-26-15-10-18(29-9-8-28-14-6-4-3-5-7-14)16-12-20(30-19(16)11-15)17-13-25-21(23-17)31-22(24-25)27-2/h3-7,10-13H,8-9H2,1-2H3. The number of para-hydroxylation sites is 1. The Morgan fingerprint density at radius 1 is 0.968 bits per heavy atom. The molecular formula is C22H19N3O5S. The van der Waals surface area contributed by atoms with Crippen LogP contribution in [0.3, 0.4) is 0 Å². The molecule has 0 aliphatic heterocycles. The second-order valence-corrected chi connectivity index (χ2v) is 7.50. The van der Waals surface area contributed by atoms with E-state index in [-0.39, 0.29) is 0 Å². The zero-order valence-electron chi connectivity index (χ0n) is 16.9. The molecule has 5 aromatic rings. The molecule has 0 aliphatic rings. The van der Waals surface area contributed by atoms with Crippen LogP contribution in [-0.4, -0.2) is 42.0 Å². The van der Waals surface area contributed by atoms with Crippen LogP contribution in [0.4, 0.5) is 0 Å². The fourth-order valence-corrected chi connectivity index (χ4v) is 3.86. The van der Waals surface area contributed by atoms with E-state index in [1.54, 1.807) is 24.9 Å². The molecule has 8 nitrogen and oxygen atoms in total. The van der Waals surface area contributed by atoms with Crippen molar-refractivity contribution in [2.45, 2.75) is 0 Å². The average molecular weight is 437 g/mol. The van der Waals surface area contributed by atoms with Crippen LogP contribution in [0.15, 0.2) is 59.1 Å². The van der Waals surface area contributed by atoms with Crippen molar-refractivity contribution in [1.82, 2.24) is 14.6 Å². The van der Waals surface area contributed by atoms with Crippen LogP contribution >= 0.6 is 11.3 Å². The monoisotopic (exact) mass is 437 g/mol. The third kappa shape index (κ3) is 3.87. The number of benzene rings is 2. The third-order valence-electron chi connectivity index (χ3n) is 4.61.